The molecule has 1 aromatic heterocycles. The van der Waals surface area contributed by atoms with Crippen molar-refractivity contribution < 1.29 is 5.11 Å². The number of nitrogens with zero attached hydrogens (tertiary/aromatic N) is 1. The standard InChI is InChI=1S/C9H13NO/c1-5-7(3)10-8(4)6(2)9(5)11/h1-4H3,(H,10,11). The Morgan fingerprint density at radius 2 is 1.27 bits per heavy atom. The van der Waals surface area contributed by atoms with E-state index in [0.717, 1.165) is 22.5 Å². The van der Waals surface area contributed by atoms with Gasteiger partial charge in [0.15, 0.2) is 0 Å². The summed E-state index contributed by atoms with van der Waals surface area (Å²) in [4.78, 5) is 4.27. The predicted molar refractivity (Wildman–Crippen MR) is 44.8 cm³/mol. The summed E-state index contributed by atoms with van der Waals surface area (Å²) < 4.78 is 0. The summed E-state index contributed by atoms with van der Waals surface area (Å²) in [6.07, 6.45) is 0. The second kappa shape index (κ2) is 2.53. The minimum absolute atomic E-state index is 0.384. The molecule has 0 radical (unpaired) electrons. The van der Waals surface area contributed by atoms with Gasteiger partial charge in [-0.1, -0.05) is 0 Å². The maximum absolute atomic E-state index is 9.53. The van der Waals surface area contributed by atoms with Crippen LogP contribution in [0.15, 0.2) is 0 Å². The minimum Gasteiger partial charge on any atom is -0.507 e. The second-order valence-electron chi connectivity index (χ2n) is 2.88. The van der Waals surface area contributed by atoms with Crippen molar-refractivity contribution in [1.82, 2.24) is 4.98 Å². The number of aromatic hydroxyl groups is 1. The molecule has 1 aromatic rings. The van der Waals surface area contributed by atoms with E-state index in [-0.39, 0.29) is 0 Å². The Balaban J connectivity index is 3.46. The normalized spacial score (nSPS) is 10.2. The zero-order valence-corrected chi connectivity index (χ0v) is 7.39. The van der Waals surface area contributed by atoms with Crippen molar-refractivity contribution in [2.45, 2.75) is 27.7 Å². The summed E-state index contributed by atoms with van der Waals surface area (Å²) >= 11 is 0. The Morgan fingerprint density at radius 1 is 0.909 bits per heavy atom. The van der Waals surface area contributed by atoms with Crippen molar-refractivity contribution in [3.05, 3.63) is 22.5 Å². The van der Waals surface area contributed by atoms with E-state index in [1.165, 1.54) is 0 Å². The monoisotopic (exact) mass is 151 g/mol. The van der Waals surface area contributed by atoms with Gasteiger partial charge in [-0.15, -0.1) is 0 Å². The molecule has 11 heavy (non-hydrogen) atoms. The molecule has 2 nitrogen and oxygen atoms in total. The molecule has 0 unspecified atom stereocenters. The molecule has 0 aliphatic rings. The van der Waals surface area contributed by atoms with Crippen molar-refractivity contribution in [3.63, 3.8) is 0 Å². The van der Waals surface area contributed by atoms with Gasteiger partial charge >= 0.3 is 0 Å². The molecule has 0 saturated heterocycles. The number of hydrogen-bond acceptors (Lipinski definition) is 2. The molecule has 60 valence electrons. The molecular weight excluding hydrogens is 138 g/mol. The van der Waals surface area contributed by atoms with Gasteiger partial charge in [0.05, 0.1) is 0 Å². The molecule has 0 fully saturated rings. The zero-order chi connectivity index (χ0) is 8.59. The van der Waals surface area contributed by atoms with E-state index in [1.54, 1.807) is 0 Å². The average Bonchev–Trinajstić information content (AvgIpc) is 1.97. The van der Waals surface area contributed by atoms with E-state index in [0.29, 0.717) is 5.75 Å². The van der Waals surface area contributed by atoms with E-state index in [2.05, 4.69) is 4.98 Å². The molecule has 1 N–H and O–H groups in total. The molecule has 2 heteroatoms. The summed E-state index contributed by atoms with van der Waals surface area (Å²) in [5, 5.41) is 9.53. The van der Waals surface area contributed by atoms with Crippen LogP contribution in [0.4, 0.5) is 0 Å². The Bertz CT molecular complexity index is 266. The minimum atomic E-state index is 0.384. The first-order valence-corrected chi connectivity index (χ1v) is 3.67. The van der Waals surface area contributed by atoms with E-state index in [9.17, 15) is 5.11 Å². The van der Waals surface area contributed by atoms with Crippen molar-refractivity contribution in [2.24, 2.45) is 0 Å². The van der Waals surface area contributed by atoms with E-state index in [4.69, 9.17) is 0 Å². The molecule has 0 bridgehead atoms. The third-order valence-electron chi connectivity index (χ3n) is 2.13. The topological polar surface area (TPSA) is 33.1 Å². The zero-order valence-electron chi connectivity index (χ0n) is 7.39. The van der Waals surface area contributed by atoms with Crippen LogP contribution in [-0.4, -0.2) is 10.1 Å². The van der Waals surface area contributed by atoms with Crippen LogP contribution >= 0.6 is 0 Å². The van der Waals surface area contributed by atoms with Crippen LogP contribution in [0.1, 0.15) is 22.5 Å². The first kappa shape index (κ1) is 8.05. The smallest absolute Gasteiger partial charge is 0.125 e. The van der Waals surface area contributed by atoms with Gasteiger partial charge in [0.25, 0.3) is 0 Å². The summed E-state index contributed by atoms with van der Waals surface area (Å²) in [6.45, 7) is 7.57. The summed E-state index contributed by atoms with van der Waals surface area (Å²) in [6, 6.07) is 0. The molecule has 0 aliphatic heterocycles. The van der Waals surface area contributed by atoms with E-state index in [1.807, 2.05) is 27.7 Å². The van der Waals surface area contributed by atoms with Gasteiger partial charge in [0.2, 0.25) is 0 Å². The summed E-state index contributed by atoms with van der Waals surface area (Å²) in [5.41, 5.74) is 3.58. The molecule has 0 aromatic carbocycles. The van der Waals surface area contributed by atoms with Crippen molar-refractivity contribution >= 4 is 0 Å². The highest BCUT2D eigenvalue weighted by atomic mass is 16.3. The Kier molecular flexibility index (Phi) is 1.85. The number of aryl methyl sites for hydroxylation is 2. The van der Waals surface area contributed by atoms with Crippen LogP contribution in [0.2, 0.25) is 0 Å². The lowest BCUT2D eigenvalue weighted by Gasteiger charge is -2.07. The molecule has 0 aliphatic carbocycles. The fourth-order valence-electron chi connectivity index (χ4n) is 1.04. The van der Waals surface area contributed by atoms with E-state index >= 15 is 0 Å². The van der Waals surface area contributed by atoms with Crippen LogP contribution in [0, 0.1) is 27.7 Å². The number of hydrogen-bond donors (Lipinski definition) is 1. The molecule has 0 saturated carbocycles. The highest BCUT2D eigenvalue weighted by Crippen LogP contribution is 2.24. The van der Waals surface area contributed by atoms with Gasteiger partial charge in [-0.25, -0.2) is 0 Å². The van der Waals surface area contributed by atoms with Crippen LogP contribution in [0.3, 0.4) is 0 Å². The number of aromatic nitrogens is 1. The van der Waals surface area contributed by atoms with Crippen LogP contribution in [0.5, 0.6) is 5.75 Å². The van der Waals surface area contributed by atoms with Gasteiger partial charge in [0, 0.05) is 22.5 Å². The highest BCUT2D eigenvalue weighted by Gasteiger charge is 2.06. The first-order valence-electron chi connectivity index (χ1n) is 3.67. The highest BCUT2D eigenvalue weighted by molar-refractivity contribution is 5.42. The largest absolute Gasteiger partial charge is 0.507 e. The number of rotatable bonds is 0. The lowest BCUT2D eigenvalue weighted by Crippen LogP contribution is -1.94. The lowest BCUT2D eigenvalue weighted by atomic mass is 10.1. The van der Waals surface area contributed by atoms with E-state index < -0.39 is 0 Å². The number of pyridine rings is 1. The maximum Gasteiger partial charge on any atom is 0.125 e. The van der Waals surface area contributed by atoms with Gasteiger partial charge < -0.3 is 5.11 Å². The Hall–Kier alpha value is -1.05. The quantitative estimate of drug-likeness (QED) is 0.615. The van der Waals surface area contributed by atoms with Gasteiger partial charge in [0.1, 0.15) is 5.75 Å². The average molecular weight is 151 g/mol. The second-order valence-corrected chi connectivity index (χ2v) is 2.88. The fourth-order valence-corrected chi connectivity index (χ4v) is 1.04. The molecular formula is C9H13NO. The molecule has 1 rings (SSSR count). The van der Waals surface area contributed by atoms with Crippen LogP contribution in [-0.2, 0) is 0 Å². The van der Waals surface area contributed by atoms with Gasteiger partial charge in [-0.05, 0) is 27.7 Å². The predicted octanol–water partition coefficient (Wildman–Crippen LogP) is 2.02. The van der Waals surface area contributed by atoms with Crippen LogP contribution < -0.4 is 0 Å². The van der Waals surface area contributed by atoms with Crippen molar-refractivity contribution in [2.75, 3.05) is 0 Å². The molecule has 1 heterocycles. The van der Waals surface area contributed by atoms with Gasteiger partial charge in [-0.3, -0.25) is 4.98 Å². The lowest BCUT2D eigenvalue weighted by molar-refractivity contribution is 0.464. The third-order valence-corrected chi connectivity index (χ3v) is 2.13. The molecule has 0 spiro atoms. The molecule has 0 atom stereocenters. The fraction of sp³-hybridized carbons (Fsp3) is 0.444. The summed E-state index contributed by atoms with van der Waals surface area (Å²) in [5.74, 6) is 0.384. The van der Waals surface area contributed by atoms with Crippen LogP contribution in [0.25, 0.3) is 0 Å². The van der Waals surface area contributed by atoms with Crippen molar-refractivity contribution in [1.29, 1.82) is 0 Å². The Morgan fingerprint density at radius 3 is 1.64 bits per heavy atom. The first-order chi connectivity index (χ1) is 5.04. The molecule has 0 amide bonds. The summed E-state index contributed by atoms with van der Waals surface area (Å²) in [7, 11) is 0. The SMILES string of the molecule is Cc1nc(C)c(C)c(O)c1C. The van der Waals surface area contributed by atoms with Crippen molar-refractivity contribution in [3.8, 4) is 5.75 Å². The third kappa shape index (κ3) is 1.20. The van der Waals surface area contributed by atoms with Gasteiger partial charge in [-0.2, -0.15) is 0 Å². The Labute approximate surface area is 66.9 Å². The maximum atomic E-state index is 9.53.